The van der Waals surface area contributed by atoms with Crippen molar-refractivity contribution < 1.29 is 9.59 Å². The van der Waals surface area contributed by atoms with E-state index in [2.05, 4.69) is 11.8 Å². The van der Waals surface area contributed by atoms with Gasteiger partial charge in [-0.3, -0.25) is 9.59 Å². The molecule has 0 N–H and O–H groups in total. The molecule has 0 radical (unpaired) electrons. The molecule has 2 heterocycles. The van der Waals surface area contributed by atoms with Crippen molar-refractivity contribution in [3.05, 3.63) is 0 Å². The lowest BCUT2D eigenvalue weighted by Gasteiger charge is -2.35. The largest absolute Gasteiger partial charge is 0.342 e. The van der Waals surface area contributed by atoms with Crippen LogP contribution in [0.15, 0.2) is 0 Å². The topological polar surface area (TPSA) is 40.6 Å². The Balaban J connectivity index is 1.55. The van der Waals surface area contributed by atoms with Crippen molar-refractivity contribution in [2.45, 2.75) is 58.3 Å². The van der Waals surface area contributed by atoms with Gasteiger partial charge in [0.05, 0.1) is 5.92 Å². The van der Waals surface area contributed by atoms with Crippen LogP contribution in [-0.2, 0) is 9.59 Å². The number of piperidine rings is 1. The summed E-state index contributed by atoms with van der Waals surface area (Å²) in [6.07, 6.45) is 8.84. The highest BCUT2D eigenvalue weighted by molar-refractivity contribution is 5.83. The minimum absolute atomic E-state index is 0.0506. The SMILES string of the molecule is CCC1CCCN(C(=O)C2CCCN(C(=O)C3CC3)C2)CC1. The fourth-order valence-corrected chi connectivity index (χ4v) is 4.02. The highest BCUT2D eigenvalue weighted by atomic mass is 16.2. The molecule has 4 nitrogen and oxygen atoms in total. The van der Waals surface area contributed by atoms with Crippen LogP contribution in [0.1, 0.15) is 58.3 Å². The molecule has 3 fully saturated rings. The molecule has 124 valence electrons. The molecule has 2 atom stereocenters. The monoisotopic (exact) mass is 306 g/mol. The van der Waals surface area contributed by atoms with E-state index in [1.165, 1.54) is 12.8 Å². The van der Waals surface area contributed by atoms with E-state index in [4.69, 9.17) is 0 Å². The van der Waals surface area contributed by atoms with E-state index in [1.54, 1.807) is 0 Å². The number of amides is 2. The third-order valence-electron chi connectivity index (χ3n) is 5.75. The van der Waals surface area contributed by atoms with E-state index in [1.807, 2.05) is 4.90 Å². The van der Waals surface area contributed by atoms with Crippen molar-refractivity contribution in [3.8, 4) is 0 Å². The Morgan fingerprint density at radius 1 is 0.818 bits per heavy atom. The third-order valence-corrected chi connectivity index (χ3v) is 5.75. The highest BCUT2D eigenvalue weighted by Crippen LogP contribution is 2.33. The second-order valence-electron chi connectivity index (χ2n) is 7.43. The van der Waals surface area contributed by atoms with E-state index in [-0.39, 0.29) is 11.8 Å². The number of hydrogen-bond donors (Lipinski definition) is 0. The molecule has 2 saturated heterocycles. The van der Waals surface area contributed by atoms with Crippen molar-refractivity contribution in [1.82, 2.24) is 9.80 Å². The van der Waals surface area contributed by atoms with Crippen molar-refractivity contribution in [1.29, 1.82) is 0 Å². The Hall–Kier alpha value is -1.06. The quantitative estimate of drug-likeness (QED) is 0.804. The number of rotatable bonds is 3. The maximum Gasteiger partial charge on any atom is 0.227 e. The van der Waals surface area contributed by atoms with Crippen molar-refractivity contribution in [2.24, 2.45) is 17.8 Å². The Morgan fingerprint density at radius 2 is 1.50 bits per heavy atom. The van der Waals surface area contributed by atoms with Gasteiger partial charge in [0.15, 0.2) is 0 Å². The van der Waals surface area contributed by atoms with Crippen LogP contribution in [0.5, 0.6) is 0 Å². The van der Waals surface area contributed by atoms with Gasteiger partial charge in [0.25, 0.3) is 0 Å². The number of likely N-dealkylation sites (tertiary alicyclic amines) is 2. The van der Waals surface area contributed by atoms with Crippen LogP contribution in [-0.4, -0.2) is 47.8 Å². The number of carbonyl (C=O) groups excluding carboxylic acids is 2. The standard InChI is InChI=1S/C18H30N2O2/c1-2-14-5-3-10-19(12-9-14)18(22)16-6-4-11-20(13-16)17(21)15-7-8-15/h14-16H,2-13H2,1H3. The maximum atomic E-state index is 12.8. The minimum Gasteiger partial charge on any atom is -0.342 e. The zero-order valence-corrected chi connectivity index (χ0v) is 13.9. The van der Waals surface area contributed by atoms with Gasteiger partial charge in [-0.05, 0) is 50.9 Å². The zero-order chi connectivity index (χ0) is 15.5. The number of nitrogens with zero attached hydrogens (tertiary/aromatic N) is 2. The Labute approximate surface area is 134 Å². The average molecular weight is 306 g/mol. The second kappa shape index (κ2) is 7.01. The first-order chi connectivity index (χ1) is 10.7. The molecule has 22 heavy (non-hydrogen) atoms. The van der Waals surface area contributed by atoms with Crippen LogP contribution in [0.4, 0.5) is 0 Å². The fraction of sp³-hybridized carbons (Fsp3) is 0.889. The molecule has 4 heteroatoms. The minimum atomic E-state index is 0.0506. The molecule has 0 aromatic rings. The van der Waals surface area contributed by atoms with Crippen LogP contribution in [0.25, 0.3) is 0 Å². The number of carbonyl (C=O) groups is 2. The molecule has 0 bridgehead atoms. The average Bonchev–Trinajstić information content (AvgIpc) is 3.39. The summed E-state index contributed by atoms with van der Waals surface area (Å²) >= 11 is 0. The van der Waals surface area contributed by atoms with E-state index >= 15 is 0 Å². The molecular weight excluding hydrogens is 276 g/mol. The van der Waals surface area contributed by atoms with Gasteiger partial charge in [0.1, 0.15) is 0 Å². The van der Waals surface area contributed by atoms with E-state index in [0.717, 1.165) is 64.1 Å². The summed E-state index contributed by atoms with van der Waals surface area (Å²) in [5.74, 6) is 1.73. The molecule has 0 aromatic heterocycles. The first-order valence-corrected chi connectivity index (χ1v) is 9.26. The molecule has 3 rings (SSSR count). The lowest BCUT2D eigenvalue weighted by atomic mass is 9.95. The second-order valence-corrected chi connectivity index (χ2v) is 7.43. The molecule has 3 aliphatic rings. The highest BCUT2D eigenvalue weighted by Gasteiger charge is 2.37. The van der Waals surface area contributed by atoms with Gasteiger partial charge in [-0.25, -0.2) is 0 Å². The van der Waals surface area contributed by atoms with Gasteiger partial charge in [-0.2, -0.15) is 0 Å². The fourth-order valence-electron chi connectivity index (χ4n) is 4.02. The lowest BCUT2D eigenvalue weighted by molar-refractivity contribution is -0.141. The molecule has 2 aliphatic heterocycles. The van der Waals surface area contributed by atoms with Crippen LogP contribution < -0.4 is 0 Å². The summed E-state index contributed by atoms with van der Waals surface area (Å²) in [6.45, 7) is 5.62. The van der Waals surface area contributed by atoms with Gasteiger partial charge < -0.3 is 9.80 Å². The molecule has 1 aliphatic carbocycles. The van der Waals surface area contributed by atoms with E-state index in [9.17, 15) is 9.59 Å². The molecule has 0 spiro atoms. The van der Waals surface area contributed by atoms with E-state index < -0.39 is 0 Å². The van der Waals surface area contributed by atoms with Crippen LogP contribution in [0.2, 0.25) is 0 Å². The third kappa shape index (κ3) is 3.64. The Morgan fingerprint density at radius 3 is 2.23 bits per heavy atom. The van der Waals surface area contributed by atoms with Crippen LogP contribution >= 0.6 is 0 Å². The smallest absolute Gasteiger partial charge is 0.227 e. The summed E-state index contributed by atoms with van der Waals surface area (Å²) in [5, 5.41) is 0. The summed E-state index contributed by atoms with van der Waals surface area (Å²) in [5.41, 5.74) is 0. The van der Waals surface area contributed by atoms with Crippen molar-refractivity contribution >= 4 is 11.8 Å². The Bertz CT molecular complexity index is 419. The molecular formula is C18H30N2O2. The predicted octanol–water partition coefficient (Wildman–Crippen LogP) is 2.67. The molecule has 1 saturated carbocycles. The molecule has 0 aromatic carbocycles. The zero-order valence-electron chi connectivity index (χ0n) is 13.9. The van der Waals surface area contributed by atoms with Gasteiger partial charge in [0, 0.05) is 32.1 Å². The van der Waals surface area contributed by atoms with Crippen LogP contribution in [0.3, 0.4) is 0 Å². The predicted molar refractivity (Wildman–Crippen MR) is 86.2 cm³/mol. The Kier molecular flexibility index (Phi) is 5.04. The summed E-state index contributed by atoms with van der Waals surface area (Å²) in [6, 6.07) is 0. The van der Waals surface area contributed by atoms with Gasteiger partial charge >= 0.3 is 0 Å². The first kappa shape index (κ1) is 15.8. The van der Waals surface area contributed by atoms with E-state index in [0.29, 0.717) is 18.4 Å². The van der Waals surface area contributed by atoms with Crippen molar-refractivity contribution in [3.63, 3.8) is 0 Å². The summed E-state index contributed by atoms with van der Waals surface area (Å²) in [7, 11) is 0. The van der Waals surface area contributed by atoms with Gasteiger partial charge in [0.2, 0.25) is 11.8 Å². The summed E-state index contributed by atoms with van der Waals surface area (Å²) < 4.78 is 0. The van der Waals surface area contributed by atoms with Crippen molar-refractivity contribution in [2.75, 3.05) is 26.2 Å². The maximum absolute atomic E-state index is 12.8. The van der Waals surface area contributed by atoms with Crippen LogP contribution in [0, 0.1) is 17.8 Å². The lowest BCUT2D eigenvalue weighted by Crippen LogP contribution is -2.47. The molecule has 2 unspecified atom stereocenters. The summed E-state index contributed by atoms with van der Waals surface area (Å²) in [4.78, 5) is 29.1. The number of hydrogen-bond acceptors (Lipinski definition) is 2. The van der Waals surface area contributed by atoms with Gasteiger partial charge in [-0.1, -0.05) is 13.3 Å². The first-order valence-electron chi connectivity index (χ1n) is 9.26. The normalized spacial score (nSPS) is 30.0. The van der Waals surface area contributed by atoms with Gasteiger partial charge in [-0.15, -0.1) is 0 Å². The molecule has 2 amide bonds.